The van der Waals surface area contributed by atoms with E-state index in [-0.39, 0.29) is 35.5 Å². The summed E-state index contributed by atoms with van der Waals surface area (Å²) in [4.78, 5) is 32.2. The topological polar surface area (TPSA) is 46.6 Å². The number of unbranched alkanes of at least 4 members (excludes halogenated alkanes) is 2. The van der Waals surface area contributed by atoms with Crippen molar-refractivity contribution in [3.8, 4) is 0 Å². The molecule has 0 N–H and O–H groups in total. The van der Waals surface area contributed by atoms with Crippen LogP contribution in [0.4, 0.5) is 0 Å². The van der Waals surface area contributed by atoms with Gasteiger partial charge in [0, 0.05) is 17.2 Å². The Balaban J connectivity index is 1.50. The summed E-state index contributed by atoms with van der Waals surface area (Å²) >= 11 is 3.42. The van der Waals surface area contributed by atoms with E-state index in [9.17, 15) is 9.59 Å². The van der Waals surface area contributed by atoms with Gasteiger partial charge in [-0.3, -0.25) is 14.4 Å². The Morgan fingerprint density at radius 3 is 1.64 bits per heavy atom. The third-order valence-electron chi connectivity index (χ3n) is 6.41. The van der Waals surface area contributed by atoms with Crippen LogP contribution in [0.2, 0.25) is 0 Å². The Bertz CT molecular complexity index is 827. The maximum absolute atomic E-state index is 13.3. The van der Waals surface area contributed by atoms with Crippen molar-refractivity contribution in [2.45, 2.75) is 31.1 Å². The number of carbonyl (C=O) groups is 2. The van der Waals surface area contributed by atoms with Crippen molar-refractivity contribution in [1.82, 2.24) is 5.06 Å². The molecule has 2 aromatic rings. The van der Waals surface area contributed by atoms with E-state index in [0.717, 1.165) is 29.7 Å². The minimum atomic E-state index is -0.357. The molecule has 0 spiro atoms. The van der Waals surface area contributed by atoms with E-state index in [2.05, 4.69) is 40.2 Å². The first-order chi connectivity index (χ1) is 13.7. The lowest BCUT2D eigenvalue weighted by molar-refractivity contribution is -0.189. The third-order valence-corrected chi connectivity index (χ3v) is 6.97. The van der Waals surface area contributed by atoms with E-state index in [4.69, 9.17) is 4.84 Å². The van der Waals surface area contributed by atoms with Crippen molar-refractivity contribution in [3.05, 3.63) is 70.8 Å². The molecule has 0 aromatic heterocycles. The first-order valence-electron chi connectivity index (χ1n) is 9.98. The second-order valence-electron chi connectivity index (χ2n) is 7.82. The van der Waals surface area contributed by atoms with Gasteiger partial charge in [0.2, 0.25) is 0 Å². The molecule has 1 fully saturated rings. The standard InChI is InChI=1S/C23H22BrNO3/c24-12-6-1-7-13-28-25-22(26)20-18-14-8-2-3-9-15(14)19(21(20)23(25)27)17-11-5-4-10-16(17)18/h2-5,8-11,18-21H,1,6-7,12-13H2. The molecule has 2 bridgehead atoms. The summed E-state index contributed by atoms with van der Waals surface area (Å²) in [6.07, 6.45) is 2.91. The van der Waals surface area contributed by atoms with Crippen LogP contribution >= 0.6 is 15.9 Å². The zero-order valence-electron chi connectivity index (χ0n) is 15.5. The van der Waals surface area contributed by atoms with Crippen LogP contribution in [0.15, 0.2) is 48.5 Å². The quantitative estimate of drug-likeness (QED) is 0.381. The highest BCUT2D eigenvalue weighted by molar-refractivity contribution is 9.09. The molecule has 4 aliphatic rings. The second-order valence-corrected chi connectivity index (χ2v) is 8.61. The van der Waals surface area contributed by atoms with E-state index in [1.807, 2.05) is 24.3 Å². The number of nitrogens with zero attached hydrogens (tertiary/aromatic N) is 1. The number of carbonyl (C=O) groups excluding carboxylic acids is 2. The lowest BCUT2D eigenvalue weighted by atomic mass is 9.55. The summed E-state index contributed by atoms with van der Waals surface area (Å²) in [6.45, 7) is 0.402. The Kier molecular flexibility index (Phi) is 4.60. The Morgan fingerprint density at radius 2 is 1.21 bits per heavy atom. The SMILES string of the molecule is O=C1C2C3c4ccccc4C(c4ccccc43)C2C(=O)N1OCCCCCBr. The largest absolute Gasteiger partial charge is 0.272 e. The van der Waals surface area contributed by atoms with Gasteiger partial charge in [-0.25, -0.2) is 0 Å². The van der Waals surface area contributed by atoms with Crippen LogP contribution < -0.4 is 0 Å². The number of hydroxylamine groups is 2. The van der Waals surface area contributed by atoms with Gasteiger partial charge in [0.05, 0.1) is 18.4 Å². The molecule has 2 atom stereocenters. The molecule has 144 valence electrons. The van der Waals surface area contributed by atoms with Crippen LogP contribution in [0.1, 0.15) is 53.4 Å². The van der Waals surface area contributed by atoms with Crippen LogP contribution in [0.3, 0.4) is 0 Å². The van der Waals surface area contributed by atoms with E-state index in [1.54, 1.807) is 0 Å². The number of imide groups is 1. The highest BCUT2D eigenvalue weighted by atomic mass is 79.9. The fraction of sp³-hybridized carbons (Fsp3) is 0.391. The first-order valence-corrected chi connectivity index (χ1v) is 11.1. The van der Waals surface area contributed by atoms with E-state index in [0.29, 0.717) is 6.61 Å². The molecular formula is C23H22BrNO3. The minimum Gasteiger partial charge on any atom is -0.272 e. The van der Waals surface area contributed by atoms with E-state index < -0.39 is 0 Å². The fourth-order valence-electron chi connectivity index (χ4n) is 5.31. The third kappa shape index (κ3) is 2.52. The molecule has 2 aromatic carbocycles. The van der Waals surface area contributed by atoms with E-state index in [1.165, 1.54) is 22.3 Å². The van der Waals surface area contributed by atoms with Gasteiger partial charge in [0.1, 0.15) is 0 Å². The lowest BCUT2D eigenvalue weighted by Crippen LogP contribution is -2.41. The highest BCUT2D eigenvalue weighted by Gasteiger charge is 2.62. The first kappa shape index (κ1) is 18.1. The number of hydrogen-bond acceptors (Lipinski definition) is 3. The highest BCUT2D eigenvalue weighted by Crippen LogP contribution is 2.60. The molecule has 5 heteroatoms. The van der Waals surface area contributed by atoms with Gasteiger partial charge in [-0.2, -0.15) is 5.06 Å². The Morgan fingerprint density at radius 1 is 0.750 bits per heavy atom. The number of amides is 2. The summed E-state index contributed by atoms with van der Waals surface area (Å²) < 4.78 is 0. The van der Waals surface area contributed by atoms with Crippen molar-refractivity contribution >= 4 is 27.7 Å². The molecule has 2 unspecified atom stereocenters. The van der Waals surface area contributed by atoms with Gasteiger partial charge in [-0.15, -0.1) is 0 Å². The van der Waals surface area contributed by atoms with Gasteiger partial charge in [-0.05, 0) is 35.1 Å². The summed E-state index contributed by atoms with van der Waals surface area (Å²) in [6, 6.07) is 16.5. The molecular weight excluding hydrogens is 418 g/mol. The molecule has 1 aliphatic heterocycles. The zero-order chi connectivity index (χ0) is 19.3. The Hall–Kier alpha value is -1.98. The van der Waals surface area contributed by atoms with Crippen molar-refractivity contribution < 1.29 is 14.4 Å². The lowest BCUT2D eigenvalue weighted by Gasteiger charge is -2.45. The predicted molar refractivity (Wildman–Crippen MR) is 109 cm³/mol. The van der Waals surface area contributed by atoms with Crippen LogP contribution in [0.5, 0.6) is 0 Å². The van der Waals surface area contributed by atoms with Gasteiger partial charge >= 0.3 is 0 Å². The number of benzene rings is 2. The second kappa shape index (κ2) is 7.12. The summed E-state index contributed by atoms with van der Waals surface area (Å²) in [5, 5.41) is 2.04. The van der Waals surface area contributed by atoms with Crippen LogP contribution in [-0.4, -0.2) is 28.8 Å². The Labute approximate surface area is 173 Å². The smallest absolute Gasteiger partial charge is 0.258 e. The molecule has 28 heavy (non-hydrogen) atoms. The maximum Gasteiger partial charge on any atom is 0.258 e. The van der Waals surface area contributed by atoms with Crippen molar-refractivity contribution in [2.75, 3.05) is 11.9 Å². The summed E-state index contributed by atoms with van der Waals surface area (Å²) in [5.41, 5.74) is 4.75. The average Bonchev–Trinajstić information content (AvgIpc) is 2.99. The molecule has 1 heterocycles. The van der Waals surface area contributed by atoms with Crippen molar-refractivity contribution in [3.63, 3.8) is 0 Å². The van der Waals surface area contributed by atoms with Gasteiger partial charge in [0.25, 0.3) is 11.8 Å². The predicted octanol–water partition coefficient (Wildman–Crippen LogP) is 4.38. The number of halogens is 1. The van der Waals surface area contributed by atoms with Gasteiger partial charge in [-0.1, -0.05) is 70.9 Å². The van der Waals surface area contributed by atoms with Crippen molar-refractivity contribution in [2.24, 2.45) is 11.8 Å². The van der Waals surface area contributed by atoms with Crippen molar-refractivity contribution in [1.29, 1.82) is 0 Å². The molecule has 0 saturated carbocycles. The molecule has 3 aliphatic carbocycles. The normalized spacial score (nSPS) is 27.0. The molecule has 2 amide bonds. The summed E-state index contributed by atoms with van der Waals surface area (Å²) in [5.74, 6) is -1.19. The van der Waals surface area contributed by atoms with Gasteiger partial charge < -0.3 is 0 Å². The average molecular weight is 440 g/mol. The minimum absolute atomic E-state index is 0.0687. The van der Waals surface area contributed by atoms with Crippen LogP contribution in [0.25, 0.3) is 0 Å². The van der Waals surface area contributed by atoms with E-state index >= 15 is 0 Å². The maximum atomic E-state index is 13.3. The molecule has 6 rings (SSSR count). The number of rotatable bonds is 6. The summed E-state index contributed by atoms with van der Waals surface area (Å²) in [7, 11) is 0. The molecule has 1 saturated heterocycles. The molecule has 0 radical (unpaired) electrons. The van der Waals surface area contributed by atoms with Crippen LogP contribution in [0, 0.1) is 11.8 Å². The monoisotopic (exact) mass is 439 g/mol. The fourth-order valence-corrected chi connectivity index (χ4v) is 5.70. The molecule has 4 nitrogen and oxygen atoms in total. The number of alkyl halides is 1. The zero-order valence-corrected chi connectivity index (χ0v) is 17.1. The van der Waals surface area contributed by atoms with Crippen LogP contribution in [-0.2, 0) is 14.4 Å². The van der Waals surface area contributed by atoms with Gasteiger partial charge in [0.15, 0.2) is 0 Å². The number of hydrogen-bond donors (Lipinski definition) is 0.